The van der Waals surface area contributed by atoms with Gasteiger partial charge in [-0.1, -0.05) is 11.2 Å². The van der Waals surface area contributed by atoms with Crippen molar-refractivity contribution < 1.29 is 23.6 Å². The molecule has 35 heavy (non-hydrogen) atoms. The fourth-order valence-corrected chi connectivity index (χ4v) is 3.94. The number of nitrogens with zero attached hydrogens (tertiary/aromatic N) is 3. The summed E-state index contributed by atoms with van der Waals surface area (Å²) >= 11 is 0. The number of hydrogen-bond acceptors (Lipinski definition) is 7. The summed E-state index contributed by atoms with van der Waals surface area (Å²) in [4.78, 5) is 31.6. The number of methoxy groups -OCH3 is 1. The first-order valence-corrected chi connectivity index (χ1v) is 11.8. The van der Waals surface area contributed by atoms with Crippen molar-refractivity contribution in [2.75, 3.05) is 33.4 Å². The maximum absolute atomic E-state index is 13.3. The Labute approximate surface area is 204 Å². The van der Waals surface area contributed by atoms with E-state index < -0.39 is 0 Å². The highest BCUT2D eigenvalue weighted by molar-refractivity contribution is 5.93. The second-order valence-electron chi connectivity index (χ2n) is 8.36. The summed E-state index contributed by atoms with van der Waals surface area (Å²) in [5, 5.41) is 6.90. The topological polar surface area (TPSA) is 107 Å². The van der Waals surface area contributed by atoms with E-state index in [1.54, 1.807) is 24.3 Å². The molecule has 184 valence electrons. The number of hydrogen-bond donors (Lipinski definition) is 1. The maximum atomic E-state index is 13.3. The van der Waals surface area contributed by atoms with Gasteiger partial charge in [-0.25, -0.2) is 0 Å². The summed E-state index contributed by atoms with van der Waals surface area (Å²) in [6, 6.07) is 14.6. The normalized spacial score (nSPS) is 15.1. The molecule has 0 saturated carbocycles. The lowest BCUT2D eigenvalue weighted by molar-refractivity contribution is -0.121. The number of aromatic nitrogens is 2. The Morgan fingerprint density at radius 2 is 2.06 bits per heavy atom. The van der Waals surface area contributed by atoms with Crippen LogP contribution in [-0.4, -0.2) is 66.3 Å². The molecule has 0 radical (unpaired) electrons. The molecule has 1 fully saturated rings. The molecule has 3 aromatic rings. The Kier molecular flexibility index (Phi) is 8.45. The van der Waals surface area contributed by atoms with Gasteiger partial charge in [-0.2, -0.15) is 0 Å². The average molecular weight is 479 g/mol. The van der Waals surface area contributed by atoms with Crippen molar-refractivity contribution >= 4 is 11.8 Å². The van der Waals surface area contributed by atoms with E-state index in [4.69, 9.17) is 14.0 Å². The van der Waals surface area contributed by atoms with Crippen LogP contribution in [0.1, 0.15) is 35.4 Å². The van der Waals surface area contributed by atoms with Gasteiger partial charge in [0.15, 0.2) is 11.5 Å². The number of benzene rings is 1. The van der Waals surface area contributed by atoms with Gasteiger partial charge in [-0.05, 0) is 49.2 Å². The number of carbonyl (C=O) groups excluding carboxylic acids is 2. The van der Waals surface area contributed by atoms with Crippen molar-refractivity contribution in [3.8, 4) is 17.1 Å². The minimum Gasteiger partial charge on any atom is -0.497 e. The third-order valence-electron chi connectivity index (χ3n) is 5.88. The summed E-state index contributed by atoms with van der Waals surface area (Å²) in [6.45, 7) is 1.85. The summed E-state index contributed by atoms with van der Waals surface area (Å²) in [5.74, 6) is 0.807. The molecule has 1 aliphatic heterocycles. The summed E-state index contributed by atoms with van der Waals surface area (Å²) in [7, 11) is 1.60. The third-order valence-corrected chi connectivity index (χ3v) is 5.88. The van der Waals surface area contributed by atoms with Crippen LogP contribution in [0, 0.1) is 0 Å². The number of carbonyl (C=O) groups is 2. The molecule has 1 saturated heterocycles. The van der Waals surface area contributed by atoms with Gasteiger partial charge in [0.25, 0.3) is 5.91 Å². The van der Waals surface area contributed by atoms with E-state index in [1.807, 2.05) is 42.5 Å². The van der Waals surface area contributed by atoms with Gasteiger partial charge in [-0.3, -0.25) is 14.6 Å². The van der Waals surface area contributed by atoms with E-state index in [0.717, 1.165) is 29.8 Å². The molecule has 1 N–H and O–H groups in total. The number of amides is 2. The molecule has 9 nitrogen and oxygen atoms in total. The van der Waals surface area contributed by atoms with Crippen LogP contribution < -0.4 is 10.1 Å². The van der Waals surface area contributed by atoms with Crippen molar-refractivity contribution in [2.24, 2.45) is 0 Å². The summed E-state index contributed by atoms with van der Waals surface area (Å²) in [5.41, 5.74) is 1.90. The lowest BCUT2D eigenvalue weighted by atomic mass is 10.1. The average Bonchev–Trinajstić information content (AvgIpc) is 3.59. The van der Waals surface area contributed by atoms with Gasteiger partial charge in [0, 0.05) is 62.6 Å². The highest BCUT2D eigenvalue weighted by Gasteiger charge is 2.26. The van der Waals surface area contributed by atoms with E-state index in [9.17, 15) is 9.59 Å². The van der Waals surface area contributed by atoms with E-state index in [-0.39, 0.29) is 36.6 Å². The molecular weight excluding hydrogens is 448 g/mol. The Morgan fingerprint density at radius 3 is 2.77 bits per heavy atom. The summed E-state index contributed by atoms with van der Waals surface area (Å²) < 4.78 is 16.3. The molecule has 3 heterocycles. The zero-order valence-corrected chi connectivity index (χ0v) is 19.8. The minimum atomic E-state index is -0.287. The highest BCUT2D eigenvalue weighted by Crippen LogP contribution is 2.24. The van der Waals surface area contributed by atoms with Crippen LogP contribution in [0.3, 0.4) is 0 Å². The van der Waals surface area contributed by atoms with Crippen LogP contribution in [-0.2, 0) is 16.0 Å². The van der Waals surface area contributed by atoms with E-state index in [0.29, 0.717) is 31.9 Å². The molecule has 1 atom stereocenters. The molecule has 0 unspecified atom stereocenters. The molecule has 9 heteroatoms. The first-order chi connectivity index (χ1) is 17.1. The molecule has 2 amide bonds. The van der Waals surface area contributed by atoms with E-state index in [2.05, 4.69) is 15.5 Å². The van der Waals surface area contributed by atoms with Crippen LogP contribution in [0.25, 0.3) is 11.3 Å². The number of rotatable bonds is 11. The van der Waals surface area contributed by atoms with E-state index >= 15 is 0 Å². The Bertz CT molecular complexity index is 1090. The van der Waals surface area contributed by atoms with Crippen molar-refractivity contribution in [1.29, 1.82) is 0 Å². The van der Waals surface area contributed by atoms with Crippen molar-refractivity contribution in [2.45, 2.75) is 31.8 Å². The predicted octanol–water partition coefficient (Wildman–Crippen LogP) is 3.12. The largest absolute Gasteiger partial charge is 0.497 e. The molecule has 0 spiro atoms. The second-order valence-corrected chi connectivity index (χ2v) is 8.36. The van der Waals surface area contributed by atoms with Gasteiger partial charge in [0.05, 0.1) is 13.2 Å². The van der Waals surface area contributed by atoms with Crippen LogP contribution in [0.15, 0.2) is 59.3 Å². The molecule has 0 bridgehead atoms. The van der Waals surface area contributed by atoms with Gasteiger partial charge in [-0.15, -0.1) is 0 Å². The molecular formula is C26H30N4O5. The van der Waals surface area contributed by atoms with Crippen molar-refractivity contribution in [3.05, 3.63) is 66.1 Å². The highest BCUT2D eigenvalue weighted by atomic mass is 16.5. The lowest BCUT2D eigenvalue weighted by Crippen LogP contribution is -2.40. The second kappa shape index (κ2) is 12.1. The molecule has 4 rings (SSSR count). The van der Waals surface area contributed by atoms with Gasteiger partial charge in [0.1, 0.15) is 5.75 Å². The maximum Gasteiger partial charge on any atom is 0.276 e. The fraction of sp³-hybridized carbons (Fsp3) is 0.385. The monoisotopic (exact) mass is 478 g/mol. The van der Waals surface area contributed by atoms with Crippen molar-refractivity contribution in [3.63, 3.8) is 0 Å². The number of nitrogens with one attached hydrogen (secondary N) is 1. The SMILES string of the molecule is COc1ccc(-c2cc(C(=O)N(CCC(=O)NCCc3ccccn3)C[C@H]3CCCO3)no2)cc1. The van der Waals surface area contributed by atoms with Gasteiger partial charge >= 0.3 is 0 Å². The van der Waals surface area contributed by atoms with Gasteiger partial charge in [0.2, 0.25) is 5.91 Å². The quantitative estimate of drug-likeness (QED) is 0.451. The summed E-state index contributed by atoms with van der Waals surface area (Å²) in [6.07, 6.45) is 4.37. The van der Waals surface area contributed by atoms with Crippen LogP contribution >= 0.6 is 0 Å². The standard InChI is InChI=1S/C26H30N4O5/c1-33-21-9-7-19(8-10-21)24-17-23(29-35-24)26(32)30(18-22-6-4-16-34-22)15-12-25(31)28-14-11-20-5-2-3-13-27-20/h2-3,5,7-10,13,17,22H,4,6,11-12,14-16,18H2,1H3,(H,28,31)/t22-/m1/s1. The molecule has 2 aromatic heterocycles. The zero-order valence-electron chi connectivity index (χ0n) is 19.8. The third kappa shape index (κ3) is 6.89. The van der Waals surface area contributed by atoms with Crippen LogP contribution in [0.5, 0.6) is 5.75 Å². The Hall–Kier alpha value is -3.72. The Balaban J connectivity index is 1.36. The Morgan fingerprint density at radius 1 is 1.20 bits per heavy atom. The van der Waals surface area contributed by atoms with Gasteiger partial charge < -0.3 is 24.2 Å². The first kappa shape index (κ1) is 24.4. The number of ether oxygens (including phenoxy) is 2. The van der Waals surface area contributed by atoms with Crippen LogP contribution in [0.4, 0.5) is 0 Å². The molecule has 1 aromatic carbocycles. The predicted molar refractivity (Wildman–Crippen MR) is 129 cm³/mol. The fourth-order valence-electron chi connectivity index (χ4n) is 3.94. The minimum absolute atomic E-state index is 0.0425. The zero-order chi connectivity index (χ0) is 24.5. The van der Waals surface area contributed by atoms with Crippen molar-refractivity contribution in [1.82, 2.24) is 20.4 Å². The first-order valence-electron chi connectivity index (χ1n) is 11.8. The smallest absolute Gasteiger partial charge is 0.276 e. The van der Waals surface area contributed by atoms with E-state index in [1.165, 1.54) is 0 Å². The molecule has 0 aliphatic carbocycles. The van der Waals surface area contributed by atoms with Crippen LogP contribution in [0.2, 0.25) is 0 Å². The lowest BCUT2D eigenvalue weighted by Gasteiger charge is -2.24. The molecule has 1 aliphatic rings. The number of pyridine rings is 1.